The highest BCUT2D eigenvalue weighted by atomic mass is 31.0. The zero-order valence-corrected chi connectivity index (χ0v) is 20.8. The Hall–Kier alpha value is -2.99. The molecule has 4 rings (SSSR count). The van der Waals surface area contributed by atoms with Gasteiger partial charge in [0, 0.05) is 56.6 Å². The molecule has 3 N–H and O–H groups in total. The molecule has 1 saturated heterocycles. The van der Waals surface area contributed by atoms with Crippen LogP contribution in [0.5, 0.6) is 5.75 Å². The highest BCUT2D eigenvalue weighted by Crippen LogP contribution is 2.34. The second-order valence-corrected chi connectivity index (χ2v) is 8.86. The molecule has 0 bridgehead atoms. The summed E-state index contributed by atoms with van der Waals surface area (Å²) in [6.07, 6.45) is 0. The van der Waals surface area contributed by atoms with Crippen LogP contribution in [0.15, 0.2) is 55.1 Å². The Morgan fingerprint density at radius 1 is 1.15 bits per heavy atom. The van der Waals surface area contributed by atoms with Gasteiger partial charge in [-0.1, -0.05) is 12.6 Å². The summed E-state index contributed by atoms with van der Waals surface area (Å²) in [7, 11) is 6.05. The molecule has 0 spiro atoms. The molecule has 1 atom stereocenters. The van der Waals surface area contributed by atoms with Crippen LogP contribution in [0, 0.1) is 5.82 Å². The first kappa shape index (κ1) is 24.1. The normalized spacial score (nSPS) is 14.0. The minimum Gasteiger partial charge on any atom is -0.496 e. The Labute approximate surface area is 202 Å². The molecule has 6 nitrogen and oxygen atoms in total. The zero-order valence-electron chi connectivity index (χ0n) is 19.6. The minimum atomic E-state index is -0.279. The topological polar surface area (TPSA) is 61.5 Å². The van der Waals surface area contributed by atoms with Crippen LogP contribution in [0.3, 0.4) is 0 Å². The van der Waals surface area contributed by atoms with Crippen LogP contribution in [0.2, 0.25) is 0 Å². The highest BCUT2D eigenvalue weighted by Gasteiger charge is 2.17. The number of methoxy groups -OCH3 is 1. The number of nitrogens with zero attached hydrogens (tertiary/aromatic N) is 2. The predicted molar refractivity (Wildman–Crippen MR) is 142 cm³/mol. The molecule has 0 aliphatic carbocycles. The fourth-order valence-corrected chi connectivity index (χ4v) is 4.44. The van der Waals surface area contributed by atoms with Gasteiger partial charge >= 0.3 is 0 Å². The van der Waals surface area contributed by atoms with E-state index in [9.17, 15) is 4.39 Å². The van der Waals surface area contributed by atoms with Crippen LogP contribution in [0.4, 0.5) is 21.7 Å². The Kier molecular flexibility index (Phi) is 7.78. The molecule has 1 aliphatic rings. The van der Waals surface area contributed by atoms with E-state index >= 15 is 0 Å². The summed E-state index contributed by atoms with van der Waals surface area (Å²) in [4.78, 5) is 7.17. The number of benzene rings is 2. The van der Waals surface area contributed by atoms with Gasteiger partial charge in [0.1, 0.15) is 23.2 Å². The van der Waals surface area contributed by atoms with Crippen molar-refractivity contribution in [1.82, 2.24) is 15.2 Å². The van der Waals surface area contributed by atoms with Crippen LogP contribution < -0.4 is 26.0 Å². The summed E-state index contributed by atoms with van der Waals surface area (Å²) in [5.74, 6) is 1.84. The monoisotopic (exact) mass is 479 g/mol. The Morgan fingerprint density at radius 2 is 1.94 bits per heavy atom. The third-order valence-electron chi connectivity index (χ3n) is 5.94. The number of halogens is 1. The van der Waals surface area contributed by atoms with Gasteiger partial charge in [-0.05, 0) is 58.9 Å². The molecule has 1 unspecified atom stereocenters. The molecule has 178 valence electrons. The van der Waals surface area contributed by atoms with Crippen molar-refractivity contribution in [3.05, 3.63) is 77.6 Å². The number of pyridine rings is 1. The first-order chi connectivity index (χ1) is 16.5. The average Bonchev–Trinajstić information content (AvgIpc) is 2.86. The molecule has 2 heterocycles. The van der Waals surface area contributed by atoms with Crippen molar-refractivity contribution in [3.63, 3.8) is 0 Å². The van der Waals surface area contributed by atoms with Crippen molar-refractivity contribution in [2.24, 2.45) is 0 Å². The van der Waals surface area contributed by atoms with Gasteiger partial charge in [0.05, 0.1) is 7.11 Å². The number of aromatic nitrogens is 1. The van der Waals surface area contributed by atoms with E-state index in [-0.39, 0.29) is 5.82 Å². The van der Waals surface area contributed by atoms with E-state index in [2.05, 4.69) is 48.8 Å². The number of ether oxygens (including phenoxy) is 1. The van der Waals surface area contributed by atoms with Gasteiger partial charge in [0.25, 0.3) is 0 Å². The molecule has 0 amide bonds. The van der Waals surface area contributed by atoms with Crippen molar-refractivity contribution >= 4 is 37.4 Å². The molecular weight excluding hydrogens is 448 g/mol. The number of piperazine rings is 1. The average molecular weight is 480 g/mol. The number of nitrogens with one attached hydrogen (secondary N) is 3. The molecule has 3 aromatic rings. The van der Waals surface area contributed by atoms with Gasteiger partial charge in [0.2, 0.25) is 0 Å². The predicted octanol–water partition coefficient (Wildman–Crippen LogP) is 3.98. The first-order valence-electron chi connectivity index (χ1n) is 11.3. The summed E-state index contributed by atoms with van der Waals surface area (Å²) >= 11 is 0. The quantitative estimate of drug-likeness (QED) is 0.425. The number of hydrogen-bond donors (Lipinski definition) is 3. The van der Waals surface area contributed by atoms with Crippen molar-refractivity contribution < 1.29 is 9.13 Å². The number of anilines is 3. The molecule has 1 aliphatic heterocycles. The van der Waals surface area contributed by atoms with Crippen molar-refractivity contribution in [3.8, 4) is 5.75 Å². The fraction of sp³-hybridized carbons (Fsp3) is 0.269. The molecular formula is C26H31FN5OP. The van der Waals surface area contributed by atoms with Gasteiger partial charge < -0.3 is 20.7 Å². The van der Waals surface area contributed by atoms with Crippen LogP contribution in [0.1, 0.15) is 16.7 Å². The van der Waals surface area contributed by atoms with Gasteiger partial charge in [0.15, 0.2) is 0 Å². The molecule has 34 heavy (non-hydrogen) atoms. The van der Waals surface area contributed by atoms with E-state index in [0.717, 1.165) is 66.2 Å². The second-order valence-electron chi connectivity index (χ2n) is 8.24. The van der Waals surface area contributed by atoms with Crippen molar-refractivity contribution in [2.45, 2.75) is 6.54 Å². The van der Waals surface area contributed by atoms with Crippen LogP contribution in [-0.4, -0.2) is 50.2 Å². The summed E-state index contributed by atoms with van der Waals surface area (Å²) in [5, 5.41) is 10.6. The maximum absolute atomic E-state index is 13.4. The van der Waals surface area contributed by atoms with E-state index < -0.39 is 0 Å². The summed E-state index contributed by atoms with van der Waals surface area (Å²) in [6, 6.07) is 14.7. The summed E-state index contributed by atoms with van der Waals surface area (Å²) in [5.41, 5.74) is 4.65. The lowest BCUT2D eigenvalue weighted by molar-refractivity contribution is 0.233. The fourth-order valence-electron chi connectivity index (χ4n) is 4.11. The Morgan fingerprint density at radius 3 is 2.65 bits per heavy atom. The number of rotatable bonds is 8. The second kappa shape index (κ2) is 11.0. The maximum Gasteiger partial charge on any atom is 0.136 e. The van der Waals surface area contributed by atoms with Gasteiger partial charge in [-0.15, -0.1) is 9.24 Å². The Balaban J connectivity index is 1.60. The lowest BCUT2D eigenvalue weighted by atomic mass is 9.97. The van der Waals surface area contributed by atoms with E-state index in [1.54, 1.807) is 13.2 Å². The third-order valence-corrected chi connectivity index (χ3v) is 6.42. The lowest BCUT2D eigenvalue weighted by Crippen LogP contribution is -2.42. The first-order valence-corrected chi connectivity index (χ1v) is 11.9. The molecule has 2 aromatic carbocycles. The smallest absolute Gasteiger partial charge is 0.136 e. The van der Waals surface area contributed by atoms with Gasteiger partial charge in [-0.25, -0.2) is 9.37 Å². The van der Waals surface area contributed by atoms with E-state index in [1.165, 1.54) is 17.7 Å². The van der Waals surface area contributed by atoms with Crippen LogP contribution in [0.25, 0.3) is 5.57 Å². The SMILES string of the molecule is C=C(c1cc(CN2CCNCC2)ccc1OC)c1ccc(Nc2ccc(F)cc2P)nc1NC. The van der Waals surface area contributed by atoms with Gasteiger partial charge in [-0.3, -0.25) is 4.90 Å². The molecule has 0 radical (unpaired) electrons. The summed E-state index contributed by atoms with van der Waals surface area (Å²) < 4.78 is 19.1. The summed E-state index contributed by atoms with van der Waals surface area (Å²) in [6.45, 7) is 9.39. The standard InChI is InChI=1S/C26H31FN5OP/c1-17(21-14-18(4-8-23(21)33-3)16-32-12-10-29-11-13-32)20-6-9-25(31-26(20)28-2)30-22-7-5-19(27)15-24(22)34/h4-9,14-15,29H,1,10-13,16,34H2,2-3H3,(H2,28,30,31). The highest BCUT2D eigenvalue weighted by molar-refractivity contribution is 7.28. The van der Waals surface area contributed by atoms with E-state index in [0.29, 0.717) is 11.6 Å². The van der Waals surface area contributed by atoms with Crippen LogP contribution in [-0.2, 0) is 6.54 Å². The van der Waals surface area contributed by atoms with Crippen LogP contribution >= 0.6 is 9.24 Å². The zero-order chi connectivity index (χ0) is 24.1. The van der Waals surface area contributed by atoms with Crippen molar-refractivity contribution in [2.75, 3.05) is 51.0 Å². The molecule has 1 aromatic heterocycles. The third kappa shape index (κ3) is 5.55. The Bertz CT molecular complexity index is 1180. The molecule has 8 heteroatoms. The van der Waals surface area contributed by atoms with E-state index in [4.69, 9.17) is 9.72 Å². The molecule has 1 fully saturated rings. The molecule has 0 saturated carbocycles. The van der Waals surface area contributed by atoms with E-state index in [1.807, 2.05) is 25.2 Å². The maximum atomic E-state index is 13.4. The largest absolute Gasteiger partial charge is 0.496 e. The van der Waals surface area contributed by atoms with Gasteiger partial charge in [-0.2, -0.15) is 0 Å². The van der Waals surface area contributed by atoms with Crippen molar-refractivity contribution in [1.29, 1.82) is 0 Å². The number of hydrogen-bond acceptors (Lipinski definition) is 6. The lowest BCUT2D eigenvalue weighted by Gasteiger charge is -2.27. The minimum absolute atomic E-state index is 0.279.